The lowest BCUT2D eigenvalue weighted by Gasteiger charge is -2.06. The van der Waals surface area contributed by atoms with Gasteiger partial charge in [0.15, 0.2) is 0 Å². The normalized spacial score (nSPS) is 10.5. The van der Waals surface area contributed by atoms with E-state index in [-0.39, 0.29) is 5.82 Å². The van der Waals surface area contributed by atoms with E-state index in [1.54, 1.807) is 32.4 Å². The summed E-state index contributed by atoms with van der Waals surface area (Å²) in [6.07, 6.45) is 1.77. The highest BCUT2D eigenvalue weighted by Crippen LogP contribution is 2.10. The van der Waals surface area contributed by atoms with E-state index in [2.05, 4.69) is 10.3 Å². The predicted molar refractivity (Wildman–Crippen MR) is 72.5 cm³/mol. The van der Waals surface area contributed by atoms with Crippen molar-refractivity contribution in [2.24, 2.45) is 0 Å². The standard InChI is InChI=1S/C15H17FN2O/c1-11-3-4-12(7-14(11)16)8-17-9-13-5-6-15(19-2)18-10-13/h3-7,10,17H,8-9H2,1-2H3. The Morgan fingerprint density at radius 2 is 1.89 bits per heavy atom. The molecule has 1 heterocycles. The van der Waals surface area contributed by atoms with Crippen molar-refractivity contribution in [2.45, 2.75) is 20.0 Å². The lowest BCUT2D eigenvalue weighted by Crippen LogP contribution is -2.13. The third-order valence-electron chi connectivity index (χ3n) is 2.90. The van der Waals surface area contributed by atoms with Crippen molar-refractivity contribution in [3.63, 3.8) is 0 Å². The van der Waals surface area contributed by atoms with Crippen molar-refractivity contribution in [2.75, 3.05) is 7.11 Å². The van der Waals surface area contributed by atoms with Crippen LogP contribution in [-0.4, -0.2) is 12.1 Å². The summed E-state index contributed by atoms with van der Waals surface area (Å²) in [4.78, 5) is 4.13. The van der Waals surface area contributed by atoms with Gasteiger partial charge in [-0.15, -0.1) is 0 Å². The molecule has 0 saturated heterocycles. The quantitative estimate of drug-likeness (QED) is 0.897. The Bertz CT molecular complexity index is 540. The Labute approximate surface area is 112 Å². The molecule has 0 atom stereocenters. The van der Waals surface area contributed by atoms with Crippen LogP contribution in [-0.2, 0) is 13.1 Å². The second-order valence-electron chi connectivity index (χ2n) is 4.40. The molecular weight excluding hydrogens is 243 g/mol. The van der Waals surface area contributed by atoms with Gasteiger partial charge in [-0.05, 0) is 29.7 Å². The molecule has 0 fully saturated rings. The Kier molecular flexibility index (Phi) is 4.47. The summed E-state index contributed by atoms with van der Waals surface area (Å²) < 4.78 is 18.4. The van der Waals surface area contributed by atoms with Crippen LogP contribution in [0.4, 0.5) is 4.39 Å². The molecule has 1 aromatic heterocycles. The van der Waals surface area contributed by atoms with Crippen LogP contribution in [0.15, 0.2) is 36.5 Å². The Hall–Kier alpha value is -1.94. The van der Waals surface area contributed by atoms with Gasteiger partial charge < -0.3 is 10.1 Å². The third-order valence-corrected chi connectivity index (χ3v) is 2.90. The summed E-state index contributed by atoms with van der Waals surface area (Å²) >= 11 is 0. The Morgan fingerprint density at radius 1 is 1.16 bits per heavy atom. The van der Waals surface area contributed by atoms with E-state index < -0.39 is 0 Å². The van der Waals surface area contributed by atoms with Crippen LogP contribution in [0, 0.1) is 12.7 Å². The Balaban J connectivity index is 1.86. The van der Waals surface area contributed by atoms with Crippen LogP contribution in [0.5, 0.6) is 5.88 Å². The summed E-state index contributed by atoms with van der Waals surface area (Å²) in [7, 11) is 1.59. The number of rotatable bonds is 5. The SMILES string of the molecule is COc1ccc(CNCc2ccc(C)c(F)c2)cn1. The van der Waals surface area contributed by atoms with Gasteiger partial charge in [-0.2, -0.15) is 0 Å². The molecule has 2 aromatic rings. The van der Waals surface area contributed by atoms with Crippen molar-refractivity contribution < 1.29 is 9.13 Å². The predicted octanol–water partition coefficient (Wildman–Crippen LogP) is 2.83. The molecule has 0 amide bonds. The van der Waals surface area contributed by atoms with Crippen molar-refractivity contribution in [3.8, 4) is 5.88 Å². The topological polar surface area (TPSA) is 34.1 Å². The zero-order valence-corrected chi connectivity index (χ0v) is 11.1. The van der Waals surface area contributed by atoms with Gasteiger partial charge in [0, 0.05) is 25.4 Å². The van der Waals surface area contributed by atoms with Crippen molar-refractivity contribution in [1.29, 1.82) is 0 Å². The molecule has 0 saturated carbocycles. The fraction of sp³-hybridized carbons (Fsp3) is 0.267. The minimum absolute atomic E-state index is 0.162. The van der Waals surface area contributed by atoms with Crippen LogP contribution in [0.1, 0.15) is 16.7 Å². The van der Waals surface area contributed by atoms with Gasteiger partial charge in [-0.3, -0.25) is 0 Å². The van der Waals surface area contributed by atoms with Crippen LogP contribution in [0.2, 0.25) is 0 Å². The highest BCUT2D eigenvalue weighted by molar-refractivity contribution is 5.23. The lowest BCUT2D eigenvalue weighted by molar-refractivity contribution is 0.397. The summed E-state index contributed by atoms with van der Waals surface area (Å²) in [5.74, 6) is 0.440. The van der Waals surface area contributed by atoms with Gasteiger partial charge in [-0.25, -0.2) is 9.37 Å². The van der Waals surface area contributed by atoms with Crippen molar-refractivity contribution in [3.05, 3.63) is 59.0 Å². The first-order chi connectivity index (χ1) is 9.19. The van der Waals surface area contributed by atoms with E-state index in [1.165, 1.54) is 0 Å². The molecule has 0 bridgehead atoms. The number of methoxy groups -OCH3 is 1. The summed E-state index contributed by atoms with van der Waals surface area (Å²) in [6.45, 7) is 3.07. The fourth-order valence-corrected chi connectivity index (χ4v) is 1.73. The van der Waals surface area contributed by atoms with E-state index in [0.29, 0.717) is 24.5 Å². The number of hydrogen-bond acceptors (Lipinski definition) is 3. The zero-order chi connectivity index (χ0) is 13.7. The zero-order valence-electron chi connectivity index (χ0n) is 11.1. The number of hydrogen-bond donors (Lipinski definition) is 1. The molecule has 0 unspecified atom stereocenters. The average molecular weight is 260 g/mol. The number of ether oxygens (including phenoxy) is 1. The molecule has 0 radical (unpaired) electrons. The molecule has 100 valence electrons. The Morgan fingerprint density at radius 3 is 2.53 bits per heavy atom. The van der Waals surface area contributed by atoms with Crippen LogP contribution < -0.4 is 10.1 Å². The molecule has 0 spiro atoms. The number of nitrogens with one attached hydrogen (secondary N) is 1. The van der Waals surface area contributed by atoms with Gasteiger partial charge in [0.2, 0.25) is 5.88 Å². The molecule has 0 aliphatic rings. The molecule has 1 N–H and O–H groups in total. The number of aromatic nitrogens is 1. The highest BCUT2D eigenvalue weighted by atomic mass is 19.1. The molecule has 0 aliphatic carbocycles. The van der Waals surface area contributed by atoms with E-state index in [4.69, 9.17) is 4.74 Å². The summed E-state index contributed by atoms with van der Waals surface area (Å²) in [6, 6.07) is 9.06. The minimum atomic E-state index is -0.162. The fourth-order valence-electron chi connectivity index (χ4n) is 1.73. The van der Waals surface area contributed by atoms with Crippen LogP contribution in [0.25, 0.3) is 0 Å². The maximum atomic E-state index is 13.4. The van der Waals surface area contributed by atoms with Crippen molar-refractivity contribution >= 4 is 0 Å². The number of halogens is 1. The first kappa shape index (κ1) is 13.5. The van der Waals surface area contributed by atoms with E-state index >= 15 is 0 Å². The molecule has 4 heteroatoms. The number of pyridine rings is 1. The first-order valence-electron chi connectivity index (χ1n) is 6.13. The van der Waals surface area contributed by atoms with Crippen LogP contribution in [0.3, 0.4) is 0 Å². The number of benzene rings is 1. The number of nitrogens with zero attached hydrogens (tertiary/aromatic N) is 1. The second-order valence-corrected chi connectivity index (χ2v) is 4.40. The number of aryl methyl sites for hydroxylation is 1. The minimum Gasteiger partial charge on any atom is -0.481 e. The molecule has 2 rings (SSSR count). The third kappa shape index (κ3) is 3.76. The summed E-state index contributed by atoms with van der Waals surface area (Å²) in [5, 5.41) is 3.25. The van der Waals surface area contributed by atoms with Gasteiger partial charge in [0.05, 0.1) is 7.11 Å². The van der Waals surface area contributed by atoms with Gasteiger partial charge in [0.1, 0.15) is 5.82 Å². The van der Waals surface area contributed by atoms with Gasteiger partial charge >= 0.3 is 0 Å². The lowest BCUT2D eigenvalue weighted by atomic mass is 10.1. The molecule has 3 nitrogen and oxygen atoms in total. The van der Waals surface area contributed by atoms with Gasteiger partial charge in [-0.1, -0.05) is 18.2 Å². The largest absolute Gasteiger partial charge is 0.481 e. The second kappa shape index (κ2) is 6.29. The highest BCUT2D eigenvalue weighted by Gasteiger charge is 2.00. The molecule has 19 heavy (non-hydrogen) atoms. The molecule has 1 aromatic carbocycles. The molecule has 0 aliphatic heterocycles. The van der Waals surface area contributed by atoms with E-state index in [0.717, 1.165) is 11.1 Å². The smallest absolute Gasteiger partial charge is 0.212 e. The van der Waals surface area contributed by atoms with E-state index in [9.17, 15) is 4.39 Å². The summed E-state index contributed by atoms with van der Waals surface area (Å²) in [5.41, 5.74) is 2.67. The first-order valence-corrected chi connectivity index (χ1v) is 6.13. The average Bonchev–Trinajstić information content (AvgIpc) is 2.43. The maximum absolute atomic E-state index is 13.4. The van der Waals surface area contributed by atoms with E-state index in [1.807, 2.05) is 18.2 Å². The van der Waals surface area contributed by atoms with Crippen molar-refractivity contribution in [1.82, 2.24) is 10.3 Å². The van der Waals surface area contributed by atoms with Crippen LogP contribution >= 0.6 is 0 Å². The molecular formula is C15H17FN2O. The maximum Gasteiger partial charge on any atom is 0.212 e. The monoisotopic (exact) mass is 260 g/mol. The van der Waals surface area contributed by atoms with Gasteiger partial charge in [0.25, 0.3) is 0 Å².